The van der Waals surface area contributed by atoms with Crippen LogP contribution in [0.15, 0.2) is 40.8 Å². The molecular weight excluding hydrogens is 560 g/mol. The van der Waals surface area contributed by atoms with Crippen LogP contribution < -0.4 is 27.4 Å². The van der Waals surface area contributed by atoms with Gasteiger partial charge in [0, 0.05) is 12.2 Å². The van der Waals surface area contributed by atoms with Gasteiger partial charge in [0.05, 0.1) is 19.1 Å². The van der Waals surface area contributed by atoms with E-state index >= 15 is 0 Å². The van der Waals surface area contributed by atoms with Crippen molar-refractivity contribution >= 4 is 35.6 Å². The number of amides is 5. The summed E-state index contributed by atoms with van der Waals surface area (Å²) >= 11 is 0. The van der Waals surface area contributed by atoms with E-state index in [1.807, 2.05) is 34.6 Å². The van der Waals surface area contributed by atoms with Gasteiger partial charge in [0.15, 0.2) is 0 Å². The van der Waals surface area contributed by atoms with Crippen molar-refractivity contribution in [2.75, 3.05) is 25.0 Å². The molecule has 1 atom stereocenters. The largest absolute Gasteiger partial charge is 0.480 e. The maximum atomic E-state index is 12.4. The third-order valence-electron chi connectivity index (χ3n) is 5.32. The van der Waals surface area contributed by atoms with E-state index in [9.17, 15) is 24.0 Å². The Kier molecular flexibility index (Phi) is 18.9. The van der Waals surface area contributed by atoms with Gasteiger partial charge in [-0.05, 0) is 49.1 Å². The van der Waals surface area contributed by atoms with Crippen LogP contribution >= 0.6 is 0 Å². The molecule has 14 heteroatoms. The number of aliphatic carboxylic acids is 1. The predicted molar refractivity (Wildman–Crippen MR) is 162 cm³/mol. The first-order chi connectivity index (χ1) is 20.3. The SMILES string of the molecule is CC.CCCNC(N)=O.Cc1ccc(CN(CC(=O)O)C(=O)OCc2ccc(NC(=O)CNC(=O)C(N)C(C)C)cc2)o1. The molecule has 2 aromatic rings. The Morgan fingerprint density at radius 1 is 1.02 bits per heavy atom. The predicted octanol–water partition coefficient (Wildman–Crippen LogP) is 2.94. The Hall–Kier alpha value is -4.59. The van der Waals surface area contributed by atoms with Crippen molar-refractivity contribution in [2.45, 2.75) is 67.2 Å². The van der Waals surface area contributed by atoms with Crippen LogP contribution in [-0.4, -0.2) is 65.6 Å². The monoisotopic (exact) mass is 606 g/mol. The highest BCUT2D eigenvalue weighted by Crippen LogP contribution is 2.13. The number of carboxylic acids is 1. The quantitative estimate of drug-likeness (QED) is 0.197. The summed E-state index contributed by atoms with van der Waals surface area (Å²) in [7, 11) is 0. The average Bonchev–Trinajstić information content (AvgIpc) is 3.38. The maximum absolute atomic E-state index is 12.4. The van der Waals surface area contributed by atoms with Gasteiger partial charge in [-0.1, -0.05) is 46.8 Å². The van der Waals surface area contributed by atoms with Crippen molar-refractivity contribution < 1.29 is 38.2 Å². The molecule has 0 fully saturated rings. The minimum atomic E-state index is -1.18. The van der Waals surface area contributed by atoms with Gasteiger partial charge in [0.1, 0.15) is 24.7 Å². The number of benzene rings is 1. The van der Waals surface area contributed by atoms with Crippen molar-refractivity contribution in [1.82, 2.24) is 15.5 Å². The van der Waals surface area contributed by atoms with Gasteiger partial charge in [0.2, 0.25) is 11.8 Å². The molecule has 240 valence electrons. The molecule has 2 rings (SSSR count). The van der Waals surface area contributed by atoms with Crippen molar-refractivity contribution in [2.24, 2.45) is 17.4 Å². The van der Waals surface area contributed by atoms with Crippen LogP contribution in [0, 0.1) is 12.8 Å². The van der Waals surface area contributed by atoms with Crippen LogP contribution in [0.25, 0.3) is 0 Å². The highest BCUT2D eigenvalue weighted by molar-refractivity contribution is 5.95. The van der Waals surface area contributed by atoms with E-state index in [-0.39, 0.29) is 25.6 Å². The second-order valence-electron chi connectivity index (χ2n) is 9.34. The molecule has 1 unspecified atom stereocenters. The third-order valence-corrected chi connectivity index (χ3v) is 5.32. The summed E-state index contributed by atoms with van der Waals surface area (Å²) in [6.45, 7) is 11.1. The summed E-state index contributed by atoms with van der Waals surface area (Å²) in [6.07, 6.45) is 0.132. The second-order valence-corrected chi connectivity index (χ2v) is 9.34. The number of carbonyl (C=O) groups is 5. The number of nitrogens with one attached hydrogen (secondary N) is 3. The number of hydrogen-bond donors (Lipinski definition) is 6. The van der Waals surface area contributed by atoms with Crippen LogP contribution in [0.3, 0.4) is 0 Å². The zero-order valence-electron chi connectivity index (χ0n) is 25.8. The summed E-state index contributed by atoms with van der Waals surface area (Å²) < 4.78 is 10.6. The van der Waals surface area contributed by atoms with Crippen molar-refractivity contribution in [3.8, 4) is 0 Å². The number of urea groups is 1. The lowest BCUT2D eigenvalue weighted by Gasteiger charge is -2.19. The average molecular weight is 607 g/mol. The second kappa shape index (κ2) is 21.2. The van der Waals surface area contributed by atoms with Gasteiger partial charge in [-0.15, -0.1) is 0 Å². The van der Waals surface area contributed by atoms with E-state index in [4.69, 9.17) is 25.7 Å². The number of nitrogens with zero attached hydrogens (tertiary/aromatic N) is 1. The fourth-order valence-corrected chi connectivity index (χ4v) is 3.07. The summed E-state index contributed by atoms with van der Waals surface area (Å²) in [5, 5.41) is 16.6. The number of ether oxygens (including phenoxy) is 1. The van der Waals surface area contributed by atoms with Gasteiger partial charge < -0.3 is 41.7 Å². The molecule has 0 saturated heterocycles. The molecule has 1 heterocycles. The molecule has 5 amide bonds. The normalized spacial score (nSPS) is 10.6. The Balaban J connectivity index is 0.00000171. The molecule has 0 aliphatic rings. The van der Waals surface area contributed by atoms with Gasteiger partial charge >= 0.3 is 18.1 Å². The number of rotatable bonds is 13. The van der Waals surface area contributed by atoms with E-state index < -0.39 is 42.5 Å². The van der Waals surface area contributed by atoms with Crippen LogP contribution in [0.5, 0.6) is 0 Å². The Bertz CT molecular complexity index is 1150. The van der Waals surface area contributed by atoms with Crippen LogP contribution in [0.1, 0.15) is 58.1 Å². The lowest BCUT2D eigenvalue weighted by molar-refractivity contribution is -0.138. The van der Waals surface area contributed by atoms with Crippen molar-refractivity contribution in [3.05, 3.63) is 53.5 Å². The smallest absolute Gasteiger partial charge is 0.411 e. The number of anilines is 1. The number of primary amides is 1. The van der Waals surface area contributed by atoms with Crippen LogP contribution in [0.2, 0.25) is 0 Å². The van der Waals surface area contributed by atoms with Crippen molar-refractivity contribution in [1.29, 1.82) is 0 Å². The number of carbonyl (C=O) groups excluding carboxylic acids is 4. The minimum Gasteiger partial charge on any atom is -0.480 e. The molecule has 0 aliphatic heterocycles. The zero-order valence-corrected chi connectivity index (χ0v) is 25.8. The lowest BCUT2D eigenvalue weighted by Crippen LogP contribution is -2.46. The minimum absolute atomic E-state index is 0.0391. The molecule has 0 spiro atoms. The molecular formula is C29H46N6O8. The molecule has 0 saturated carbocycles. The molecule has 1 aromatic carbocycles. The van der Waals surface area contributed by atoms with Crippen LogP contribution in [0.4, 0.5) is 15.3 Å². The molecule has 0 radical (unpaired) electrons. The fourth-order valence-electron chi connectivity index (χ4n) is 3.07. The Morgan fingerprint density at radius 2 is 1.65 bits per heavy atom. The maximum Gasteiger partial charge on any atom is 0.411 e. The standard InChI is InChI=1S/C23H30N4O7.C4H10N2O.C2H6/c1-14(2)21(24)22(31)25-10-19(28)26-17-7-5-16(6-8-17)13-33-23(32)27(12-20(29)30)11-18-9-4-15(3)34-18;1-2-3-6-4(5)7;1-2/h4-9,14,21H,10-13,24H2,1-3H3,(H,25,31)(H,26,28)(H,29,30);2-3H2,1H3,(H3,5,6,7);1-2H3. The number of carboxylic acid groups (broad SMARTS) is 1. The van der Waals surface area contributed by atoms with Crippen molar-refractivity contribution in [3.63, 3.8) is 0 Å². The number of hydrogen-bond acceptors (Lipinski definition) is 8. The fraction of sp³-hybridized carbons (Fsp3) is 0.483. The molecule has 0 aliphatic carbocycles. The van der Waals surface area contributed by atoms with Gasteiger partial charge in [0.25, 0.3) is 0 Å². The highest BCUT2D eigenvalue weighted by atomic mass is 16.6. The highest BCUT2D eigenvalue weighted by Gasteiger charge is 2.20. The number of nitrogens with two attached hydrogens (primary N) is 2. The van der Waals surface area contributed by atoms with E-state index in [0.717, 1.165) is 11.3 Å². The van der Waals surface area contributed by atoms with Crippen LogP contribution in [-0.2, 0) is 32.3 Å². The molecule has 43 heavy (non-hydrogen) atoms. The first-order valence-electron chi connectivity index (χ1n) is 14.0. The Morgan fingerprint density at radius 3 is 2.12 bits per heavy atom. The van der Waals surface area contributed by atoms with E-state index in [0.29, 0.717) is 29.3 Å². The molecule has 14 nitrogen and oxygen atoms in total. The first-order valence-corrected chi connectivity index (χ1v) is 14.0. The van der Waals surface area contributed by atoms with Gasteiger partial charge in [-0.3, -0.25) is 19.3 Å². The lowest BCUT2D eigenvalue weighted by atomic mass is 10.1. The third kappa shape index (κ3) is 17.1. The molecule has 1 aromatic heterocycles. The summed E-state index contributed by atoms with van der Waals surface area (Å²) in [6, 6.07) is 8.77. The van der Waals surface area contributed by atoms with Gasteiger partial charge in [-0.2, -0.15) is 0 Å². The molecule has 8 N–H and O–H groups in total. The summed E-state index contributed by atoms with van der Waals surface area (Å²) in [5.74, 6) is -0.953. The Labute approximate surface area is 252 Å². The number of furan rings is 1. The van der Waals surface area contributed by atoms with E-state index in [2.05, 4.69) is 16.0 Å². The van der Waals surface area contributed by atoms with E-state index in [1.165, 1.54) is 0 Å². The zero-order chi connectivity index (χ0) is 32.9. The number of aryl methyl sites for hydroxylation is 1. The topological polar surface area (TPSA) is 219 Å². The summed E-state index contributed by atoms with van der Waals surface area (Å²) in [5.41, 5.74) is 11.6. The first kappa shape index (κ1) is 38.4. The molecule has 0 bridgehead atoms. The summed E-state index contributed by atoms with van der Waals surface area (Å²) in [4.78, 5) is 58.2. The van der Waals surface area contributed by atoms with E-state index in [1.54, 1.807) is 43.3 Å². The van der Waals surface area contributed by atoms with Gasteiger partial charge in [-0.25, -0.2) is 9.59 Å².